The molecule has 1 fully saturated rings. The van der Waals surface area contributed by atoms with Crippen molar-refractivity contribution in [3.63, 3.8) is 0 Å². The monoisotopic (exact) mass is 449 g/mol. The first-order valence-corrected chi connectivity index (χ1v) is 11.6. The van der Waals surface area contributed by atoms with Gasteiger partial charge in [-0.15, -0.1) is 0 Å². The van der Waals surface area contributed by atoms with Gasteiger partial charge in [0.2, 0.25) is 5.91 Å². The second-order valence-electron chi connectivity index (χ2n) is 9.41. The number of anilines is 2. The number of nitrogens with zero attached hydrogens (tertiary/aromatic N) is 1. The summed E-state index contributed by atoms with van der Waals surface area (Å²) in [5, 5.41) is 5.95. The number of nitrogens with one attached hydrogen (secondary N) is 2. The number of carbonyl (C=O) groups is 3. The normalized spacial score (nSPS) is 17.7. The molecule has 174 valence electrons. The molecule has 2 aromatic rings. The molecule has 0 bridgehead atoms. The van der Waals surface area contributed by atoms with Crippen molar-refractivity contribution in [3.05, 3.63) is 53.6 Å². The van der Waals surface area contributed by atoms with E-state index in [9.17, 15) is 14.4 Å². The average molecular weight is 450 g/mol. The van der Waals surface area contributed by atoms with Gasteiger partial charge in [0.25, 0.3) is 11.8 Å². The number of amides is 3. The van der Waals surface area contributed by atoms with Crippen LogP contribution in [0.4, 0.5) is 11.4 Å². The van der Waals surface area contributed by atoms with Crippen molar-refractivity contribution in [2.75, 3.05) is 16.8 Å². The molecule has 1 aliphatic heterocycles. The van der Waals surface area contributed by atoms with Gasteiger partial charge in [0.1, 0.15) is 12.3 Å². The Morgan fingerprint density at radius 2 is 1.85 bits per heavy atom. The molecule has 3 amide bonds. The predicted molar refractivity (Wildman–Crippen MR) is 128 cm³/mol. The van der Waals surface area contributed by atoms with Crippen molar-refractivity contribution in [3.8, 4) is 5.75 Å². The van der Waals surface area contributed by atoms with Crippen LogP contribution < -0.4 is 20.3 Å². The molecular weight excluding hydrogens is 418 g/mol. The van der Waals surface area contributed by atoms with Crippen LogP contribution >= 0.6 is 0 Å². The summed E-state index contributed by atoms with van der Waals surface area (Å²) >= 11 is 0. The highest BCUT2D eigenvalue weighted by Crippen LogP contribution is 2.38. The Kier molecular flexibility index (Phi) is 6.40. The quantitative estimate of drug-likeness (QED) is 0.716. The maximum atomic E-state index is 13.2. The van der Waals surface area contributed by atoms with Crippen LogP contribution in [0.5, 0.6) is 5.75 Å². The maximum absolute atomic E-state index is 13.2. The first-order valence-electron chi connectivity index (χ1n) is 11.6. The lowest BCUT2D eigenvalue weighted by Gasteiger charge is -2.38. The third-order valence-corrected chi connectivity index (χ3v) is 6.18. The minimum Gasteiger partial charge on any atom is -0.476 e. The fourth-order valence-electron chi connectivity index (χ4n) is 4.45. The fraction of sp³-hybridized carbons (Fsp3) is 0.423. The molecule has 0 aromatic heterocycles. The number of carbonyl (C=O) groups excluding carboxylic acids is 3. The molecule has 7 heteroatoms. The lowest BCUT2D eigenvalue weighted by molar-refractivity contribution is -0.133. The molecular formula is C26H31N3O4. The van der Waals surface area contributed by atoms with Crippen LogP contribution in [0, 0.1) is 6.92 Å². The SMILES string of the molecule is Cc1cccc(NC(=O)CN2C(=O)C(C)(C)Oc3ccc(C(=O)NC4CCCCC4)cc32)c1. The summed E-state index contributed by atoms with van der Waals surface area (Å²) in [4.78, 5) is 40.3. The van der Waals surface area contributed by atoms with Crippen molar-refractivity contribution in [2.24, 2.45) is 0 Å². The third kappa shape index (κ3) is 5.18. The number of fused-ring (bicyclic) bond motifs is 1. The Morgan fingerprint density at radius 1 is 1.09 bits per heavy atom. The average Bonchev–Trinajstić information content (AvgIpc) is 2.77. The number of ether oxygens (including phenoxy) is 1. The van der Waals surface area contributed by atoms with Crippen LogP contribution in [-0.4, -0.2) is 35.9 Å². The molecule has 1 saturated carbocycles. The van der Waals surface area contributed by atoms with Crippen molar-refractivity contribution < 1.29 is 19.1 Å². The van der Waals surface area contributed by atoms with Gasteiger partial charge in [0.05, 0.1) is 5.69 Å². The van der Waals surface area contributed by atoms with Crippen LogP contribution in [0.25, 0.3) is 0 Å². The Hall–Kier alpha value is -3.35. The predicted octanol–water partition coefficient (Wildman–Crippen LogP) is 4.20. The second-order valence-corrected chi connectivity index (χ2v) is 9.41. The molecule has 0 atom stereocenters. The van der Waals surface area contributed by atoms with Gasteiger partial charge in [0, 0.05) is 17.3 Å². The molecule has 0 radical (unpaired) electrons. The fourth-order valence-corrected chi connectivity index (χ4v) is 4.45. The van der Waals surface area contributed by atoms with E-state index in [1.54, 1.807) is 38.1 Å². The highest BCUT2D eigenvalue weighted by molar-refractivity contribution is 6.08. The van der Waals surface area contributed by atoms with Crippen LogP contribution in [0.1, 0.15) is 61.9 Å². The summed E-state index contributed by atoms with van der Waals surface area (Å²) in [5.74, 6) is -0.364. The highest BCUT2D eigenvalue weighted by Gasteiger charge is 2.42. The van der Waals surface area contributed by atoms with E-state index < -0.39 is 5.60 Å². The largest absolute Gasteiger partial charge is 0.476 e. The number of aryl methyl sites for hydroxylation is 1. The van der Waals surface area contributed by atoms with Crippen molar-refractivity contribution in [1.82, 2.24) is 5.32 Å². The van der Waals surface area contributed by atoms with Crippen LogP contribution in [0.15, 0.2) is 42.5 Å². The van der Waals surface area contributed by atoms with Gasteiger partial charge in [-0.25, -0.2) is 0 Å². The van der Waals surface area contributed by atoms with E-state index in [1.807, 2.05) is 25.1 Å². The molecule has 2 aliphatic rings. The Bertz CT molecular complexity index is 1070. The van der Waals surface area contributed by atoms with Gasteiger partial charge < -0.3 is 15.4 Å². The Labute approximate surface area is 194 Å². The number of hydrogen-bond acceptors (Lipinski definition) is 4. The van der Waals surface area contributed by atoms with E-state index in [4.69, 9.17) is 4.74 Å². The molecule has 0 saturated heterocycles. The number of hydrogen-bond donors (Lipinski definition) is 2. The second kappa shape index (κ2) is 9.25. The molecule has 7 nitrogen and oxygen atoms in total. The molecule has 4 rings (SSSR count). The lowest BCUT2D eigenvalue weighted by Crippen LogP contribution is -2.54. The summed E-state index contributed by atoms with van der Waals surface area (Å²) < 4.78 is 5.91. The number of rotatable bonds is 5. The summed E-state index contributed by atoms with van der Waals surface area (Å²) in [6.45, 7) is 5.11. The van der Waals surface area contributed by atoms with Crippen molar-refractivity contribution in [1.29, 1.82) is 0 Å². The van der Waals surface area contributed by atoms with E-state index >= 15 is 0 Å². The van der Waals surface area contributed by atoms with Crippen LogP contribution in [-0.2, 0) is 9.59 Å². The zero-order chi connectivity index (χ0) is 23.6. The van der Waals surface area contributed by atoms with Crippen molar-refractivity contribution in [2.45, 2.75) is 64.5 Å². The minimum atomic E-state index is -1.12. The lowest BCUT2D eigenvalue weighted by atomic mass is 9.95. The molecule has 2 N–H and O–H groups in total. The number of benzene rings is 2. The van der Waals surface area contributed by atoms with Gasteiger partial charge >= 0.3 is 0 Å². The smallest absolute Gasteiger partial charge is 0.271 e. The summed E-state index contributed by atoms with van der Waals surface area (Å²) in [5.41, 5.74) is 1.44. The summed E-state index contributed by atoms with van der Waals surface area (Å²) in [7, 11) is 0. The Balaban J connectivity index is 1.56. The summed E-state index contributed by atoms with van der Waals surface area (Å²) in [6.07, 6.45) is 5.42. The first kappa shape index (κ1) is 22.8. The third-order valence-electron chi connectivity index (χ3n) is 6.18. The minimum absolute atomic E-state index is 0.175. The van der Waals surface area contributed by atoms with Gasteiger partial charge in [0.15, 0.2) is 5.60 Å². The highest BCUT2D eigenvalue weighted by atomic mass is 16.5. The van der Waals surface area contributed by atoms with E-state index in [-0.39, 0.29) is 30.3 Å². The molecule has 2 aromatic carbocycles. The zero-order valence-electron chi connectivity index (χ0n) is 19.4. The van der Waals surface area contributed by atoms with Gasteiger partial charge in [-0.2, -0.15) is 0 Å². The molecule has 1 aliphatic carbocycles. The maximum Gasteiger partial charge on any atom is 0.271 e. The topological polar surface area (TPSA) is 87.7 Å². The molecule has 0 spiro atoms. The van der Waals surface area contributed by atoms with E-state index in [0.29, 0.717) is 22.7 Å². The van der Waals surface area contributed by atoms with Crippen LogP contribution in [0.3, 0.4) is 0 Å². The molecule has 1 heterocycles. The van der Waals surface area contributed by atoms with Crippen LogP contribution in [0.2, 0.25) is 0 Å². The molecule has 0 unspecified atom stereocenters. The van der Waals surface area contributed by atoms with E-state index in [1.165, 1.54) is 11.3 Å². The standard InChI is InChI=1S/C26H31N3O4/c1-17-8-7-11-20(14-17)27-23(30)16-29-21-15-18(24(31)28-19-9-5-4-6-10-19)12-13-22(21)33-26(2,3)25(29)32/h7-8,11-15,19H,4-6,9-10,16H2,1-3H3,(H,27,30)(H,28,31). The summed E-state index contributed by atoms with van der Waals surface area (Å²) in [6, 6.07) is 12.7. The van der Waals surface area contributed by atoms with Crippen molar-refractivity contribution >= 4 is 29.1 Å². The molecule has 33 heavy (non-hydrogen) atoms. The zero-order valence-corrected chi connectivity index (χ0v) is 19.4. The van der Waals surface area contributed by atoms with E-state index in [2.05, 4.69) is 10.6 Å². The van der Waals surface area contributed by atoms with Gasteiger partial charge in [-0.1, -0.05) is 31.4 Å². The first-order chi connectivity index (χ1) is 15.7. The van der Waals surface area contributed by atoms with Gasteiger partial charge in [-0.05, 0) is 69.5 Å². The van der Waals surface area contributed by atoms with Gasteiger partial charge in [-0.3, -0.25) is 19.3 Å². The van der Waals surface area contributed by atoms with E-state index in [0.717, 1.165) is 31.2 Å². The Morgan fingerprint density at radius 3 is 2.58 bits per heavy atom.